The number of nitrogens with one attached hydrogen (secondary N) is 1. The monoisotopic (exact) mass is 442 g/mol. The average molecular weight is 443 g/mol. The number of hydrogen-bond acceptors (Lipinski definition) is 5. The zero-order chi connectivity index (χ0) is 24.3. The zero-order valence-corrected chi connectivity index (χ0v) is 20.8. The summed E-state index contributed by atoms with van der Waals surface area (Å²) in [4.78, 5) is 24.7. The molecule has 0 aliphatic carbocycles. The van der Waals surface area contributed by atoms with Gasteiger partial charge in [-0.15, -0.1) is 0 Å². The number of carbonyl (C=O) groups excluding carboxylic acids is 1. The van der Waals surface area contributed by atoms with Gasteiger partial charge in [-0.2, -0.15) is 0 Å². The van der Waals surface area contributed by atoms with Gasteiger partial charge in [-0.1, -0.05) is 34.1 Å². The van der Waals surface area contributed by atoms with Crippen molar-refractivity contribution in [3.8, 4) is 17.1 Å². The van der Waals surface area contributed by atoms with Crippen LogP contribution in [0.3, 0.4) is 0 Å². The molecule has 3 aromatic heterocycles. The first-order chi connectivity index (χ1) is 15.3. The van der Waals surface area contributed by atoms with Crippen molar-refractivity contribution in [3.63, 3.8) is 0 Å². The van der Waals surface area contributed by atoms with Gasteiger partial charge < -0.3 is 20.2 Å². The van der Waals surface area contributed by atoms with Crippen molar-refractivity contribution < 1.29 is 14.3 Å². The minimum absolute atomic E-state index is 0.286. The lowest BCUT2D eigenvalue weighted by Gasteiger charge is -2.15. The summed E-state index contributed by atoms with van der Waals surface area (Å²) in [5.74, 6) is -0.264. The molecule has 0 spiro atoms. The third-order valence-corrected chi connectivity index (χ3v) is 4.50. The summed E-state index contributed by atoms with van der Waals surface area (Å²) < 4.78 is 9.78. The molecule has 0 aliphatic heterocycles. The Bertz CT molecular complexity index is 1010. The number of aryl methyl sites for hydroxylation is 3. The second-order valence-electron chi connectivity index (χ2n) is 7.32. The van der Waals surface area contributed by atoms with E-state index in [0.29, 0.717) is 13.0 Å². The third-order valence-electron chi connectivity index (χ3n) is 4.50. The molecule has 7 nitrogen and oxygen atoms in total. The largest absolute Gasteiger partial charge is 0.477 e. The minimum Gasteiger partial charge on any atom is -0.477 e. The van der Waals surface area contributed by atoms with Crippen LogP contribution in [0.15, 0.2) is 18.3 Å². The van der Waals surface area contributed by atoms with E-state index in [1.165, 1.54) is 6.42 Å². The molecule has 0 atom stereocenters. The Morgan fingerprint density at radius 2 is 1.69 bits per heavy atom. The van der Waals surface area contributed by atoms with Crippen molar-refractivity contribution in [1.82, 2.24) is 15.0 Å². The van der Waals surface area contributed by atoms with Crippen LogP contribution in [0, 0.1) is 6.92 Å². The molecule has 3 heterocycles. The summed E-state index contributed by atoms with van der Waals surface area (Å²) in [6.45, 7) is 12.7. The van der Waals surface area contributed by atoms with Crippen molar-refractivity contribution in [2.75, 3.05) is 20.8 Å². The van der Waals surface area contributed by atoms with Gasteiger partial charge in [0.15, 0.2) is 0 Å². The van der Waals surface area contributed by atoms with E-state index in [0.717, 1.165) is 45.5 Å². The van der Waals surface area contributed by atoms with E-state index in [1.54, 1.807) is 20.3 Å². The van der Waals surface area contributed by atoms with Crippen LogP contribution in [0.4, 0.5) is 0 Å². The Hall–Kier alpha value is -2.93. The second-order valence-corrected chi connectivity index (χ2v) is 7.32. The number of amides is 1. The number of rotatable bonds is 6. The lowest BCUT2D eigenvalue weighted by Crippen LogP contribution is -2.15. The predicted molar refractivity (Wildman–Crippen MR) is 131 cm³/mol. The summed E-state index contributed by atoms with van der Waals surface area (Å²) in [5.41, 5.74) is 12.5. The fourth-order valence-corrected chi connectivity index (χ4v) is 3.15. The summed E-state index contributed by atoms with van der Waals surface area (Å²) >= 11 is 0. The van der Waals surface area contributed by atoms with Crippen LogP contribution in [0.1, 0.15) is 68.2 Å². The molecule has 32 heavy (non-hydrogen) atoms. The first-order valence-electron chi connectivity index (χ1n) is 11.2. The number of aromatic amines is 1. The van der Waals surface area contributed by atoms with E-state index >= 15 is 0 Å². The van der Waals surface area contributed by atoms with Crippen LogP contribution in [-0.4, -0.2) is 41.7 Å². The quantitative estimate of drug-likeness (QED) is 0.544. The normalized spacial score (nSPS) is 10.1. The van der Waals surface area contributed by atoms with Crippen molar-refractivity contribution in [3.05, 3.63) is 40.7 Å². The van der Waals surface area contributed by atoms with E-state index in [2.05, 4.69) is 41.5 Å². The van der Waals surface area contributed by atoms with Gasteiger partial charge in [-0.05, 0) is 49.9 Å². The summed E-state index contributed by atoms with van der Waals surface area (Å²) in [5, 5.41) is 0. The molecule has 0 bridgehead atoms. The highest BCUT2D eigenvalue weighted by atomic mass is 16.5. The first-order valence-corrected chi connectivity index (χ1v) is 11.2. The van der Waals surface area contributed by atoms with Crippen LogP contribution >= 0.6 is 0 Å². The van der Waals surface area contributed by atoms with Gasteiger partial charge in [-0.3, -0.25) is 4.79 Å². The highest BCUT2D eigenvalue weighted by Gasteiger charge is 2.20. The van der Waals surface area contributed by atoms with Gasteiger partial charge in [0.05, 0.1) is 29.0 Å². The van der Waals surface area contributed by atoms with Crippen LogP contribution in [-0.2, 0) is 17.6 Å². The summed E-state index contributed by atoms with van der Waals surface area (Å²) in [7, 11) is 3.25. The lowest BCUT2D eigenvalue weighted by molar-refractivity contribution is 0.0995. The fourth-order valence-electron chi connectivity index (χ4n) is 3.15. The molecule has 0 aromatic carbocycles. The molecule has 3 N–H and O–H groups in total. The fraction of sp³-hybridized carbons (Fsp3) is 0.480. The molecule has 176 valence electrons. The minimum atomic E-state index is -0.554. The number of nitrogens with zero attached hydrogens (tertiary/aromatic N) is 2. The topological polar surface area (TPSA) is 103 Å². The third kappa shape index (κ3) is 6.53. The Labute approximate surface area is 191 Å². The molecule has 0 saturated carbocycles. The maximum absolute atomic E-state index is 11.9. The van der Waals surface area contributed by atoms with Crippen LogP contribution in [0.2, 0.25) is 0 Å². The number of fused-ring (bicyclic) bond motifs is 1. The molecule has 3 rings (SSSR count). The van der Waals surface area contributed by atoms with E-state index in [1.807, 2.05) is 27.0 Å². The van der Waals surface area contributed by atoms with Gasteiger partial charge in [0.2, 0.25) is 5.88 Å². The summed E-state index contributed by atoms with van der Waals surface area (Å²) in [6.07, 6.45) is 4.72. The maximum atomic E-state index is 11.9. The second kappa shape index (κ2) is 13.5. The molecule has 0 radical (unpaired) electrons. The molecule has 0 saturated heterocycles. The highest BCUT2D eigenvalue weighted by Crippen LogP contribution is 2.32. The number of pyridine rings is 2. The van der Waals surface area contributed by atoms with Crippen molar-refractivity contribution >= 4 is 16.9 Å². The predicted octanol–water partition coefficient (Wildman–Crippen LogP) is 5.23. The standard InChI is InChI=1S/C20H24N4O2.C3H8.C2H6O/c1-5-12-8-16-17(11(4)10-22-16)24-18(12)13-9-14(19(21)25)20(26-7-3)23-15(13)6-2;2*1-3-2/h8-10,22H,5-7H2,1-4H3,(H2,21,25);3H2,1-2H3;1-2H3. The smallest absolute Gasteiger partial charge is 0.254 e. The van der Waals surface area contributed by atoms with Gasteiger partial charge >= 0.3 is 0 Å². The maximum Gasteiger partial charge on any atom is 0.254 e. The van der Waals surface area contributed by atoms with Crippen LogP contribution in [0.5, 0.6) is 5.88 Å². The molecule has 0 fully saturated rings. The van der Waals surface area contributed by atoms with Gasteiger partial charge in [0, 0.05) is 26.0 Å². The Morgan fingerprint density at radius 1 is 1.06 bits per heavy atom. The van der Waals surface area contributed by atoms with Gasteiger partial charge in [-0.25, -0.2) is 9.97 Å². The van der Waals surface area contributed by atoms with E-state index in [4.69, 9.17) is 15.5 Å². The summed E-state index contributed by atoms with van der Waals surface area (Å²) in [6, 6.07) is 3.89. The highest BCUT2D eigenvalue weighted by molar-refractivity contribution is 5.97. The molecule has 1 amide bonds. The van der Waals surface area contributed by atoms with Crippen molar-refractivity contribution in [2.45, 2.75) is 60.8 Å². The molecular weight excluding hydrogens is 404 g/mol. The van der Waals surface area contributed by atoms with E-state index < -0.39 is 5.91 Å². The number of primary amides is 1. The van der Waals surface area contributed by atoms with Crippen molar-refractivity contribution in [2.24, 2.45) is 5.73 Å². The van der Waals surface area contributed by atoms with Crippen molar-refractivity contribution in [1.29, 1.82) is 0 Å². The number of H-pyrrole nitrogens is 1. The number of nitrogens with two attached hydrogens (primary N) is 1. The number of aromatic nitrogens is 3. The van der Waals surface area contributed by atoms with E-state index in [-0.39, 0.29) is 11.4 Å². The number of carbonyl (C=O) groups is 1. The Morgan fingerprint density at radius 3 is 2.19 bits per heavy atom. The van der Waals surface area contributed by atoms with Gasteiger partial charge in [0.25, 0.3) is 5.91 Å². The molecule has 0 unspecified atom stereocenters. The molecule has 7 heteroatoms. The van der Waals surface area contributed by atoms with Gasteiger partial charge in [0.1, 0.15) is 5.56 Å². The van der Waals surface area contributed by atoms with Crippen LogP contribution in [0.25, 0.3) is 22.3 Å². The Kier molecular flexibility index (Phi) is 11.4. The SMILES string of the molecule is CCC.CCOc1nc(CC)c(-c2nc3c(C)c[nH]c3cc2CC)cc1C(N)=O.COC. The molecular formula is C25H38N4O3. The number of ether oxygens (including phenoxy) is 2. The first kappa shape index (κ1) is 27.1. The molecule has 3 aromatic rings. The average Bonchev–Trinajstić information content (AvgIpc) is 3.13. The van der Waals surface area contributed by atoms with Crippen LogP contribution < -0.4 is 10.5 Å². The zero-order valence-electron chi connectivity index (χ0n) is 20.8. The number of methoxy groups -OCH3 is 1. The lowest BCUT2D eigenvalue weighted by atomic mass is 9.98. The molecule has 0 aliphatic rings. The Balaban J connectivity index is 0.000000769. The number of hydrogen-bond donors (Lipinski definition) is 2. The van der Waals surface area contributed by atoms with E-state index in [9.17, 15) is 4.79 Å².